The summed E-state index contributed by atoms with van der Waals surface area (Å²) < 4.78 is 41.0. The highest BCUT2D eigenvalue weighted by Crippen LogP contribution is 2.37. The molecule has 0 spiro atoms. The quantitative estimate of drug-likeness (QED) is 0.736. The standard InChI is InChI=1S/C18H25ClF3N3O/c1-11(2)10-25-17(19)13(12(3)24-25)8-9-16(26)23-15-7-5-4-6-14(15)18(20,21)22/h8-9,11,14-15H,4-7,10H2,1-3H3,(H,23,26)/b9-8+. The predicted octanol–water partition coefficient (Wildman–Crippen LogP) is 4.75. The molecule has 1 saturated carbocycles. The van der Waals surface area contributed by atoms with E-state index in [0.717, 1.165) is 0 Å². The molecule has 4 nitrogen and oxygen atoms in total. The molecular formula is C18H25ClF3N3O. The molecule has 0 saturated heterocycles. The van der Waals surface area contributed by atoms with Crippen LogP contribution in [0, 0.1) is 18.8 Å². The normalized spacial score (nSPS) is 21.5. The van der Waals surface area contributed by atoms with Gasteiger partial charge in [-0.25, -0.2) is 0 Å². The minimum Gasteiger partial charge on any atom is -0.349 e. The topological polar surface area (TPSA) is 46.9 Å². The van der Waals surface area contributed by atoms with Gasteiger partial charge in [-0.15, -0.1) is 0 Å². The first-order valence-corrected chi connectivity index (χ1v) is 9.25. The smallest absolute Gasteiger partial charge is 0.349 e. The predicted molar refractivity (Wildman–Crippen MR) is 95.8 cm³/mol. The molecule has 1 aromatic heterocycles. The SMILES string of the molecule is Cc1nn(CC(C)C)c(Cl)c1/C=C/C(=O)NC1CCCCC1C(F)(F)F. The van der Waals surface area contributed by atoms with Crippen molar-refractivity contribution in [1.29, 1.82) is 0 Å². The highest BCUT2D eigenvalue weighted by atomic mass is 35.5. The minimum absolute atomic E-state index is 0.0606. The first-order chi connectivity index (χ1) is 12.1. The van der Waals surface area contributed by atoms with Crippen LogP contribution < -0.4 is 5.32 Å². The Hall–Kier alpha value is -1.50. The lowest BCUT2D eigenvalue weighted by Gasteiger charge is -2.33. The number of nitrogens with zero attached hydrogens (tertiary/aromatic N) is 2. The Morgan fingerprint density at radius 3 is 2.65 bits per heavy atom. The molecule has 1 aromatic rings. The fourth-order valence-corrected chi connectivity index (χ4v) is 3.62. The van der Waals surface area contributed by atoms with Crippen LogP contribution in [0.25, 0.3) is 6.08 Å². The number of nitrogens with one attached hydrogen (secondary N) is 1. The number of alkyl halides is 3. The van der Waals surface area contributed by atoms with Crippen LogP contribution in [0.3, 0.4) is 0 Å². The van der Waals surface area contributed by atoms with E-state index in [-0.39, 0.29) is 6.42 Å². The molecule has 2 atom stereocenters. The van der Waals surface area contributed by atoms with Gasteiger partial charge in [0.1, 0.15) is 5.15 Å². The molecule has 2 rings (SSSR count). The lowest BCUT2D eigenvalue weighted by molar-refractivity contribution is -0.188. The summed E-state index contributed by atoms with van der Waals surface area (Å²) in [7, 11) is 0. The number of rotatable bonds is 5. The molecule has 1 aliphatic carbocycles. The molecule has 1 amide bonds. The van der Waals surface area contributed by atoms with Crippen molar-refractivity contribution in [3.63, 3.8) is 0 Å². The number of carbonyl (C=O) groups excluding carboxylic acids is 1. The van der Waals surface area contributed by atoms with Gasteiger partial charge in [-0.2, -0.15) is 18.3 Å². The summed E-state index contributed by atoms with van der Waals surface area (Å²) in [5.74, 6) is -1.66. The second kappa shape index (κ2) is 8.46. The van der Waals surface area contributed by atoms with Crippen LogP contribution in [-0.2, 0) is 11.3 Å². The Morgan fingerprint density at radius 1 is 1.38 bits per heavy atom. The van der Waals surface area contributed by atoms with Crippen molar-refractivity contribution < 1.29 is 18.0 Å². The molecule has 26 heavy (non-hydrogen) atoms. The molecular weight excluding hydrogens is 367 g/mol. The van der Waals surface area contributed by atoms with E-state index in [0.29, 0.717) is 48.1 Å². The number of hydrogen-bond donors (Lipinski definition) is 1. The number of aryl methyl sites for hydroxylation is 1. The molecule has 0 bridgehead atoms. The third-order valence-corrected chi connectivity index (χ3v) is 4.96. The zero-order valence-electron chi connectivity index (χ0n) is 15.2. The lowest BCUT2D eigenvalue weighted by Crippen LogP contribution is -2.47. The fraction of sp³-hybridized carbons (Fsp3) is 0.667. The van der Waals surface area contributed by atoms with Crippen LogP contribution in [0.5, 0.6) is 0 Å². The zero-order valence-corrected chi connectivity index (χ0v) is 16.0. The van der Waals surface area contributed by atoms with Crippen LogP contribution in [-0.4, -0.2) is 27.9 Å². The van der Waals surface area contributed by atoms with Crippen molar-refractivity contribution in [2.75, 3.05) is 0 Å². The van der Waals surface area contributed by atoms with Crippen molar-refractivity contribution >= 4 is 23.6 Å². The highest BCUT2D eigenvalue weighted by molar-refractivity contribution is 6.31. The van der Waals surface area contributed by atoms with E-state index >= 15 is 0 Å². The van der Waals surface area contributed by atoms with Crippen LogP contribution >= 0.6 is 11.6 Å². The van der Waals surface area contributed by atoms with Gasteiger partial charge < -0.3 is 5.32 Å². The summed E-state index contributed by atoms with van der Waals surface area (Å²) in [5, 5.41) is 7.27. The molecule has 0 radical (unpaired) electrons. The maximum atomic E-state index is 13.1. The van der Waals surface area contributed by atoms with E-state index in [1.165, 1.54) is 12.2 Å². The fourth-order valence-electron chi connectivity index (χ4n) is 3.31. The van der Waals surface area contributed by atoms with Crippen molar-refractivity contribution in [1.82, 2.24) is 15.1 Å². The van der Waals surface area contributed by atoms with E-state index in [1.807, 2.05) is 13.8 Å². The lowest BCUT2D eigenvalue weighted by atomic mass is 9.84. The van der Waals surface area contributed by atoms with Gasteiger partial charge in [0.15, 0.2) is 0 Å². The summed E-state index contributed by atoms with van der Waals surface area (Å²) in [5.41, 5.74) is 1.28. The van der Waals surface area contributed by atoms with Crippen molar-refractivity contribution in [2.45, 2.75) is 65.2 Å². The number of aromatic nitrogens is 2. The summed E-state index contributed by atoms with van der Waals surface area (Å²) in [6, 6.07) is -0.874. The first kappa shape index (κ1) is 20.8. The van der Waals surface area contributed by atoms with Crippen molar-refractivity contribution in [2.24, 2.45) is 11.8 Å². The van der Waals surface area contributed by atoms with Crippen molar-refractivity contribution in [3.05, 3.63) is 22.5 Å². The number of carbonyl (C=O) groups is 1. The van der Waals surface area contributed by atoms with Gasteiger partial charge >= 0.3 is 6.18 Å². The molecule has 0 aliphatic heterocycles. The maximum absolute atomic E-state index is 13.1. The number of hydrogen-bond acceptors (Lipinski definition) is 2. The van der Waals surface area contributed by atoms with Gasteiger partial charge in [0, 0.05) is 24.2 Å². The van der Waals surface area contributed by atoms with E-state index in [9.17, 15) is 18.0 Å². The van der Waals surface area contributed by atoms with E-state index < -0.39 is 24.0 Å². The van der Waals surface area contributed by atoms with E-state index in [4.69, 9.17) is 11.6 Å². The van der Waals surface area contributed by atoms with E-state index in [2.05, 4.69) is 10.4 Å². The molecule has 1 heterocycles. The van der Waals surface area contributed by atoms with Crippen molar-refractivity contribution in [3.8, 4) is 0 Å². The third kappa shape index (κ3) is 5.25. The second-order valence-electron chi connectivity index (χ2n) is 7.25. The van der Waals surface area contributed by atoms with Gasteiger partial charge in [0.2, 0.25) is 5.91 Å². The van der Waals surface area contributed by atoms with Crippen LogP contribution in [0.1, 0.15) is 50.8 Å². The summed E-state index contributed by atoms with van der Waals surface area (Å²) in [4.78, 5) is 12.1. The molecule has 1 fully saturated rings. The average molecular weight is 392 g/mol. The molecule has 1 aliphatic rings. The first-order valence-electron chi connectivity index (χ1n) is 8.87. The van der Waals surface area contributed by atoms with Gasteiger partial charge in [0.05, 0.1) is 11.6 Å². The average Bonchev–Trinajstić information content (AvgIpc) is 2.78. The molecule has 146 valence electrons. The third-order valence-electron chi connectivity index (χ3n) is 4.56. The van der Waals surface area contributed by atoms with Gasteiger partial charge in [-0.1, -0.05) is 38.3 Å². The minimum atomic E-state index is -4.29. The van der Waals surface area contributed by atoms with Gasteiger partial charge in [-0.05, 0) is 31.8 Å². The van der Waals surface area contributed by atoms with Crippen LogP contribution in [0.2, 0.25) is 5.15 Å². The monoisotopic (exact) mass is 391 g/mol. The van der Waals surface area contributed by atoms with Gasteiger partial charge in [-0.3, -0.25) is 9.48 Å². The van der Waals surface area contributed by atoms with E-state index in [1.54, 1.807) is 11.6 Å². The maximum Gasteiger partial charge on any atom is 0.393 e. The Balaban J connectivity index is 2.06. The summed E-state index contributed by atoms with van der Waals surface area (Å²) in [6.07, 6.45) is 0.0885. The summed E-state index contributed by atoms with van der Waals surface area (Å²) >= 11 is 6.30. The second-order valence-corrected chi connectivity index (χ2v) is 7.60. The largest absolute Gasteiger partial charge is 0.393 e. The Kier molecular flexibility index (Phi) is 6.77. The number of halogens is 4. The Morgan fingerprint density at radius 2 is 2.04 bits per heavy atom. The zero-order chi connectivity index (χ0) is 19.5. The molecule has 8 heteroatoms. The summed E-state index contributed by atoms with van der Waals surface area (Å²) in [6.45, 7) is 6.51. The highest BCUT2D eigenvalue weighted by Gasteiger charge is 2.45. The Bertz CT molecular complexity index is 667. The molecule has 1 N–H and O–H groups in total. The Labute approximate surface area is 156 Å². The molecule has 2 unspecified atom stereocenters. The van der Waals surface area contributed by atoms with Crippen LogP contribution in [0.4, 0.5) is 13.2 Å². The van der Waals surface area contributed by atoms with Gasteiger partial charge in [0.25, 0.3) is 0 Å². The number of amides is 1. The molecule has 0 aromatic carbocycles. The van der Waals surface area contributed by atoms with Crippen LogP contribution in [0.15, 0.2) is 6.08 Å².